The zero-order valence-electron chi connectivity index (χ0n) is 46.7. The Morgan fingerprint density at radius 2 is 0.549 bits per heavy atom. The molecule has 0 saturated carbocycles. The van der Waals surface area contributed by atoms with Crippen LogP contribution in [0.5, 0.6) is 0 Å². The summed E-state index contributed by atoms with van der Waals surface area (Å²) in [6.45, 7) is 6.50. The highest BCUT2D eigenvalue weighted by molar-refractivity contribution is 5.71. The Bertz CT molecular complexity index is 1370. The first-order valence-corrected chi connectivity index (χ1v) is 30.1. The van der Waals surface area contributed by atoms with Crippen LogP contribution in [0.2, 0.25) is 0 Å². The second-order valence-corrected chi connectivity index (χ2v) is 19.9. The summed E-state index contributed by atoms with van der Waals surface area (Å²) in [5, 5.41) is 0. The van der Waals surface area contributed by atoms with Gasteiger partial charge in [-0.15, -0.1) is 0 Å². The van der Waals surface area contributed by atoms with Gasteiger partial charge in [-0.3, -0.25) is 14.4 Å². The second-order valence-electron chi connectivity index (χ2n) is 19.9. The molecule has 0 aliphatic rings. The fourth-order valence-corrected chi connectivity index (χ4v) is 8.34. The molecule has 0 bridgehead atoms. The lowest BCUT2D eigenvalue weighted by molar-refractivity contribution is -0.167. The van der Waals surface area contributed by atoms with Crippen LogP contribution in [-0.4, -0.2) is 37.2 Å². The summed E-state index contributed by atoms with van der Waals surface area (Å²) in [4.78, 5) is 38.2. The third-order valence-corrected chi connectivity index (χ3v) is 12.9. The van der Waals surface area contributed by atoms with Crippen LogP contribution in [0.15, 0.2) is 85.1 Å². The molecule has 6 heteroatoms. The van der Waals surface area contributed by atoms with Crippen LogP contribution in [-0.2, 0) is 28.6 Å². The van der Waals surface area contributed by atoms with Crippen LogP contribution in [0.3, 0.4) is 0 Å². The number of allylic oxidation sites excluding steroid dienone is 14. The largest absolute Gasteiger partial charge is 0.462 e. The minimum atomic E-state index is -0.796. The van der Waals surface area contributed by atoms with Crippen molar-refractivity contribution in [3.05, 3.63) is 85.1 Å². The van der Waals surface area contributed by atoms with Crippen molar-refractivity contribution in [3.8, 4) is 0 Å². The van der Waals surface area contributed by atoms with Gasteiger partial charge in [0.1, 0.15) is 13.2 Å². The first-order valence-electron chi connectivity index (χ1n) is 30.1. The van der Waals surface area contributed by atoms with Crippen LogP contribution in [0.4, 0.5) is 0 Å². The molecule has 0 aromatic heterocycles. The van der Waals surface area contributed by atoms with Gasteiger partial charge in [0.2, 0.25) is 0 Å². The van der Waals surface area contributed by atoms with Crippen molar-refractivity contribution < 1.29 is 28.6 Å². The SMILES string of the molecule is CC/C=C\C/C=C\C/C=C\C/C=C\CCCCCCC(=O)OC(COC(=O)CCCCCCC/C=C\CCCCCCCC)COC(=O)CCCCCCCCCCC/C=C\C/C=C\CCCCCCC. The molecule has 408 valence electrons. The van der Waals surface area contributed by atoms with Crippen molar-refractivity contribution in [1.29, 1.82) is 0 Å². The first-order chi connectivity index (χ1) is 35.0. The highest BCUT2D eigenvalue weighted by Crippen LogP contribution is 2.15. The lowest BCUT2D eigenvalue weighted by atomic mass is 10.1. The Morgan fingerprint density at radius 3 is 0.873 bits per heavy atom. The summed E-state index contributed by atoms with van der Waals surface area (Å²) in [6.07, 6.45) is 77.2. The molecular weight excluding hydrogens is 877 g/mol. The molecule has 0 aromatic carbocycles. The van der Waals surface area contributed by atoms with Crippen LogP contribution >= 0.6 is 0 Å². The average molecular weight is 990 g/mol. The molecule has 0 N–H and O–H groups in total. The van der Waals surface area contributed by atoms with E-state index in [4.69, 9.17) is 14.2 Å². The highest BCUT2D eigenvalue weighted by atomic mass is 16.6. The molecular formula is C65H112O6. The van der Waals surface area contributed by atoms with E-state index in [9.17, 15) is 14.4 Å². The van der Waals surface area contributed by atoms with E-state index in [0.29, 0.717) is 19.3 Å². The maximum Gasteiger partial charge on any atom is 0.306 e. The lowest BCUT2D eigenvalue weighted by Crippen LogP contribution is -2.30. The van der Waals surface area contributed by atoms with Crippen molar-refractivity contribution >= 4 is 17.9 Å². The number of esters is 3. The molecule has 0 aliphatic heterocycles. The van der Waals surface area contributed by atoms with Crippen molar-refractivity contribution in [3.63, 3.8) is 0 Å². The predicted molar refractivity (Wildman–Crippen MR) is 307 cm³/mol. The van der Waals surface area contributed by atoms with E-state index in [0.717, 1.165) is 109 Å². The number of hydrogen-bond acceptors (Lipinski definition) is 6. The van der Waals surface area contributed by atoms with Gasteiger partial charge in [-0.2, -0.15) is 0 Å². The normalized spacial score (nSPS) is 12.7. The maximum absolute atomic E-state index is 12.9. The van der Waals surface area contributed by atoms with Gasteiger partial charge in [0.05, 0.1) is 0 Å². The van der Waals surface area contributed by atoms with E-state index in [1.807, 2.05) is 0 Å². The van der Waals surface area contributed by atoms with Crippen molar-refractivity contribution in [2.24, 2.45) is 0 Å². The summed E-state index contributed by atoms with van der Waals surface area (Å²) >= 11 is 0. The van der Waals surface area contributed by atoms with Crippen LogP contribution in [0, 0.1) is 0 Å². The van der Waals surface area contributed by atoms with Crippen molar-refractivity contribution in [2.45, 2.75) is 297 Å². The molecule has 0 fully saturated rings. The van der Waals surface area contributed by atoms with Gasteiger partial charge >= 0.3 is 17.9 Å². The van der Waals surface area contributed by atoms with E-state index in [1.54, 1.807) is 0 Å². The van der Waals surface area contributed by atoms with Gasteiger partial charge in [-0.1, -0.05) is 241 Å². The number of carbonyl (C=O) groups is 3. The van der Waals surface area contributed by atoms with Crippen molar-refractivity contribution in [1.82, 2.24) is 0 Å². The highest BCUT2D eigenvalue weighted by Gasteiger charge is 2.19. The van der Waals surface area contributed by atoms with E-state index in [1.165, 1.54) is 141 Å². The summed E-state index contributed by atoms with van der Waals surface area (Å²) in [5.74, 6) is -0.920. The Balaban J connectivity index is 4.41. The van der Waals surface area contributed by atoms with Gasteiger partial charge in [0, 0.05) is 19.3 Å². The number of hydrogen-bond donors (Lipinski definition) is 0. The third kappa shape index (κ3) is 57.4. The first kappa shape index (κ1) is 67.6. The number of unbranched alkanes of at least 4 members (excludes halogenated alkanes) is 29. The summed E-state index contributed by atoms with van der Waals surface area (Å²) in [7, 11) is 0. The molecule has 71 heavy (non-hydrogen) atoms. The Labute approximate surface area is 439 Å². The van der Waals surface area contributed by atoms with E-state index >= 15 is 0 Å². The Kier molecular flexibility index (Phi) is 56.3. The molecule has 0 heterocycles. The minimum Gasteiger partial charge on any atom is -0.462 e. The molecule has 0 amide bonds. The fraction of sp³-hybridized carbons (Fsp3) is 0.738. The molecule has 0 saturated heterocycles. The molecule has 0 spiro atoms. The Hall–Kier alpha value is -3.41. The number of ether oxygens (including phenoxy) is 3. The third-order valence-electron chi connectivity index (χ3n) is 12.9. The molecule has 0 rings (SSSR count). The topological polar surface area (TPSA) is 78.9 Å². The van der Waals surface area contributed by atoms with Gasteiger partial charge in [0.25, 0.3) is 0 Å². The average Bonchev–Trinajstić information content (AvgIpc) is 3.37. The minimum absolute atomic E-state index is 0.0911. The van der Waals surface area contributed by atoms with Crippen LogP contribution < -0.4 is 0 Å². The zero-order chi connectivity index (χ0) is 51.4. The number of rotatable bonds is 54. The van der Waals surface area contributed by atoms with E-state index in [2.05, 4.69) is 106 Å². The fourth-order valence-electron chi connectivity index (χ4n) is 8.34. The summed E-state index contributed by atoms with van der Waals surface area (Å²) in [5.41, 5.74) is 0. The molecule has 0 radical (unpaired) electrons. The maximum atomic E-state index is 12.9. The molecule has 1 atom stereocenters. The van der Waals surface area contributed by atoms with E-state index in [-0.39, 0.29) is 31.1 Å². The summed E-state index contributed by atoms with van der Waals surface area (Å²) < 4.78 is 16.9. The number of carbonyl (C=O) groups excluding carboxylic acids is 3. The zero-order valence-corrected chi connectivity index (χ0v) is 46.7. The Morgan fingerprint density at radius 1 is 0.296 bits per heavy atom. The lowest BCUT2D eigenvalue weighted by Gasteiger charge is -2.18. The quantitative estimate of drug-likeness (QED) is 0.0261. The molecule has 0 aliphatic carbocycles. The molecule has 6 nitrogen and oxygen atoms in total. The van der Waals surface area contributed by atoms with Gasteiger partial charge in [-0.25, -0.2) is 0 Å². The standard InChI is InChI=1S/C65H112O6/c1-4-7-10-13-16-19-22-25-28-30-31-32-33-35-37-40-43-46-49-52-55-58-64(67)70-61-62(60-69-63(66)57-54-51-48-45-42-39-36-27-24-21-18-15-12-9-6-3)71-65(68)59-56-53-50-47-44-41-38-34-29-26-23-20-17-14-11-8-5-2/h8,11,17,20,22,25-27,29-31,36,38,41,62H,4-7,9-10,12-16,18-19,21,23-24,28,32-35,37,39-40,42-61H2,1-3H3/b11-8-,20-17-,25-22-,29-26-,31-30-,36-27-,41-38-. The monoisotopic (exact) mass is 989 g/mol. The van der Waals surface area contributed by atoms with Crippen LogP contribution in [0.25, 0.3) is 0 Å². The van der Waals surface area contributed by atoms with Gasteiger partial charge < -0.3 is 14.2 Å². The predicted octanol–water partition coefficient (Wildman–Crippen LogP) is 20.3. The van der Waals surface area contributed by atoms with Gasteiger partial charge in [-0.05, 0) is 116 Å². The van der Waals surface area contributed by atoms with Crippen LogP contribution in [0.1, 0.15) is 290 Å². The van der Waals surface area contributed by atoms with Crippen molar-refractivity contribution in [2.75, 3.05) is 13.2 Å². The molecule has 1 unspecified atom stereocenters. The molecule has 0 aromatic rings. The smallest absolute Gasteiger partial charge is 0.306 e. The summed E-state index contributed by atoms with van der Waals surface area (Å²) in [6, 6.07) is 0. The van der Waals surface area contributed by atoms with E-state index < -0.39 is 6.10 Å². The van der Waals surface area contributed by atoms with Gasteiger partial charge in [0.15, 0.2) is 6.10 Å². The second kappa shape index (κ2) is 59.2.